The van der Waals surface area contributed by atoms with E-state index in [0.717, 1.165) is 6.33 Å². The number of rotatable bonds is 11. The standard InChI is InChI=1S/C21H27N7O14P2/c22-17-12-19(25-7-24-17)28(8-26-12)21-16(32)14(30)11(41-21)6-39-44(36,37)42-43(34,35)38-5-10-13(29)15(31)20(40-10)27-3-1-2-9(4-27)18(23)33/h1-4,7-8,10-11,13-16,20-21,29-32H,5-6H2,(H5-,22,23,24,25,33,34,35,36,37)/p+1/t10-,11+,13?,14-,15?,16?,20-,21+/m0/s1. The Morgan fingerprint density at radius 1 is 0.977 bits per heavy atom. The van der Waals surface area contributed by atoms with Gasteiger partial charge in [-0.1, -0.05) is 0 Å². The minimum atomic E-state index is -5.37. The first-order chi connectivity index (χ1) is 20.7. The SMILES string of the molecule is NC(=O)c1ccc[n+]([C@H]2O[C@@H](COP(=O)(O)OP(=O)(O)OC[C@H]3O[C@@H](n4cnc5c(N)ncnc54)C(O)[C@H]3O)C(O)C2O)c1. The van der Waals surface area contributed by atoms with E-state index in [1.54, 1.807) is 0 Å². The van der Waals surface area contributed by atoms with Crippen LogP contribution in [0, 0.1) is 0 Å². The maximum absolute atomic E-state index is 12.4. The molecule has 0 saturated carbocycles. The van der Waals surface area contributed by atoms with Gasteiger partial charge >= 0.3 is 15.6 Å². The lowest BCUT2D eigenvalue weighted by Crippen LogP contribution is -2.46. The van der Waals surface area contributed by atoms with Crippen LogP contribution in [0.2, 0.25) is 0 Å². The van der Waals surface area contributed by atoms with Crippen molar-refractivity contribution in [1.29, 1.82) is 0 Å². The molecule has 3 aromatic heterocycles. The van der Waals surface area contributed by atoms with Crippen molar-refractivity contribution in [2.75, 3.05) is 18.9 Å². The average Bonchev–Trinajstić information content (AvgIpc) is 3.61. The molecular weight excluding hydrogens is 636 g/mol. The van der Waals surface area contributed by atoms with E-state index in [-0.39, 0.29) is 22.5 Å². The predicted octanol–water partition coefficient (Wildman–Crippen LogP) is -3.02. The molecule has 5 rings (SSSR count). The number of hydrogen-bond donors (Lipinski definition) is 8. The molecule has 0 aliphatic carbocycles. The van der Waals surface area contributed by atoms with Crippen molar-refractivity contribution in [3.8, 4) is 0 Å². The van der Waals surface area contributed by atoms with Gasteiger partial charge in [-0.3, -0.25) is 18.4 Å². The zero-order valence-electron chi connectivity index (χ0n) is 22.2. The number of carbonyl (C=O) groups excluding carboxylic acids is 1. The van der Waals surface area contributed by atoms with E-state index in [4.69, 9.17) is 25.5 Å². The third-order valence-corrected chi connectivity index (χ3v) is 9.35. The zero-order chi connectivity index (χ0) is 32.0. The lowest BCUT2D eigenvalue weighted by atomic mass is 10.1. The summed E-state index contributed by atoms with van der Waals surface area (Å²) in [6.07, 6.45) is -6.85. The van der Waals surface area contributed by atoms with Crippen LogP contribution >= 0.6 is 15.6 Å². The molecule has 23 heteroatoms. The molecule has 0 spiro atoms. The van der Waals surface area contributed by atoms with Crippen molar-refractivity contribution in [3.63, 3.8) is 0 Å². The Balaban J connectivity index is 1.16. The highest BCUT2D eigenvalue weighted by molar-refractivity contribution is 7.61. The van der Waals surface area contributed by atoms with E-state index >= 15 is 0 Å². The van der Waals surface area contributed by atoms with Gasteiger partial charge in [0.1, 0.15) is 47.9 Å². The molecule has 2 saturated heterocycles. The number of aromatic nitrogens is 5. The smallest absolute Gasteiger partial charge is 0.387 e. The maximum Gasteiger partial charge on any atom is 0.481 e. The number of anilines is 1. The number of nitrogens with two attached hydrogens (primary N) is 2. The molecule has 0 bridgehead atoms. The number of amides is 1. The van der Waals surface area contributed by atoms with Crippen molar-refractivity contribution in [2.24, 2.45) is 5.73 Å². The molecule has 1 amide bonds. The Labute approximate surface area is 246 Å². The highest BCUT2D eigenvalue weighted by Gasteiger charge is 2.50. The van der Waals surface area contributed by atoms with E-state index in [9.17, 15) is 44.1 Å². The number of fused-ring (bicyclic) bond motifs is 1. The lowest BCUT2D eigenvalue weighted by Gasteiger charge is -2.20. The van der Waals surface area contributed by atoms with Crippen LogP contribution in [0.1, 0.15) is 22.8 Å². The molecule has 10 atom stereocenters. The molecule has 21 nitrogen and oxygen atoms in total. The molecule has 3 aromatic rings. The fourth-order valence-corrected chi connectivity index (χ4v) is 6.67. The van der Waals surface area contributed by atoms with Crippen molar-refractivity contribution < 1.29 is 71.5 Å². The number of nitrogens with zero attached hydrogens (tertiary/aromatic N) is 5. The number of carbonyl (C=O) groups is 1. The van der Waals surface area contributed by atoms with Crippen molar-refractivity contribution >= 4 is 38.5 Å². The van der Waals surface area contributed by atoms with Crippen LogP contribution in [0.15, 0.2) is 37.2 Å². The normalized spacial score (nSPS) is 31.6. The molecule has 2 aliphatic heterocycles. The van der Waals surface area contributed by atoms with Gasteiger partial charge in [0, 0.05) is 6.07 Å². The zero-order valence-corrected chi connectivity index (χ0v) is 24.0. The van der Waals surface area contributed by atoms with Crippen LogP contribution in [0.25, 0.3) is 11.2 Å². The number of pyridine rings is 1. The Morgan fingerprint density at radius 2 is 1.61 bits per heavy atom. The van der Waals surface area contributed by atoms with Crippen molar-refractivity contribution in [2.45, 2.75) is 49.1 Å². The van der Waals surface area contributed by atoms with Crippen LogP contribution in [0.5, 0.6) is 0 Å². The Morgan fingerprint density at radius 3 is 2.27 bits per heavy atom. The van der Waals surface area contributed by atoms with Gasteiger partial charge in [-0.25, -0.2) is 24.1 Å². The fraction of sp³-hybridized carbons (Fsp3) is 0.476. The topological polar surface area (TPSA) is 318 Å². The van der Waals surface area contributed by atoms with Gasteiger partial charge in [0.25, 0.3) is 12.1 Å². The fourth-order valence-electron chi connectivity index (χ4n) is 4.58. The minimum absolute atomic E-state index is 0.0505. The summed E-state index contributed by atoms with van der Waals surface area (Å²) in [7, 11) is -10.7. The molecule has 2 aliphatic rings. The monoisotopic (exact) mass is 664 g/mol. The molecule has 240 valence electrons. The average molecular weight is 664 g/mol. The summed E-state index contributed by atoms with van der Waals surface area (Å²) in [6.45, 7) is -1.80. The third kappa shape index (κ3) is 6.65. The second-order valence-corrected chi connectivity index (χ2v) is 12.7. The summed E-state index contributed by atoms with van der Waals surface area (Å²) < 4.78 is 52.0. The van der Waals surface area contributed by atoms with E-state index in [0.29, 0.717) is 0 Å². The molecule has 44 heavy (non-hydrogen) atoms. The van der Waals surface area contributed by atoms with Gasteiger partial charge in [-0.2, -0.15) is 8.88 Å². The predicted molar refractivity (Wildman–Crippen MR) is 139 cm³/mol. The number of hydrogen-bond acceptors (Lipinski definition) is 16. The molecule has 0 aromatic carbocycles. The summed E-state index contributed by atoms with van der Waals surface area (Å²) in [6, 6.07) is 2.83. The number of phosphoric acid groups is 2. The first-order valence-corrected chi connectivity index (χ1v) is 15.6. The number of imidazole rings is 1. The number of primary amides is 1. The number of aliphatic hydroxyl groups excluding tert-OH is 4. The van der Waals surface area contributed by atoms with E-state index in [1.807, 2.05) is 0 Å². The molecule has 2 fully saturated rings. The highest BCUT2D eigenvalue weighted by Crippen LogP contribution is 2.60. The Bertz CT molecular complexity index is 1630. The van der Waals surface area contributed by atoms with Crippen LogP contribution in [0.3, 0.4) is 0 Å². The van der Waals surface area contributed by atoms with E-state index in [2.05, 4.69) is 23.8 Å². The summed E-state index contributed by atoms with van der Waals surface area (Å²) >= 11 is 0. The van der Waals surface area contributed by atoms with Crippen molar-refractivity contribution in [3.05, 3.63) is 42.7 Å². The number of nitrogen functional groups attached to an aromatic ring is 1. The van der Waals surface area contributed by atoms with Gasteiger partial charge in [0.15, 0.2) is 36.2 Å². The second-order valence-electron chi connectivity index (χ2n) is 9.69. The van der Waals surface area contributed by atoms with Crippen LogP contribution < -0.4 is 16.0 Å². The first kappa shape index (κ1) is 32.4. The van der Waals surface area contributed by atoms with Crippen molar-refractivity contribution in [1.82, 2.24) is 19.5 Å². The molecule has 10 N–H and O–H groups in total. The molecule has 5 heterocycles. The number of ether oxygens (including phenoxy) is 2. The molecule has 5 unspecified atom stereocenters. The maximum atomic E-state index is 12.4. The molecular formula is C21H28N7O14P2+. The summed E-state index contributed by atoms with van der Waals surface area (Å²) in [5.74, 6) is -0.714. The first-order valence-electron chi connectivity index (χ1n) is 12.6. The number of phosphoric ester groups is 2. The largest absolute Gasteiger partial charge is 0.481 e. The van der Waals surface area contributed by atoms with Gasteiger partial charge in [-0.15, -0.1) is 0 Å². The van der Waals surface area contributed by atoms with Crippen LogP contribution in [-0.2, 0) is 32.0 Å². The molecule has 0 radical (unpaired) electrons. The van der Waals surface area contributed by atoms with Gasteiger partial charge in [0.2, 0.25) is 0 Å². The number of aliphatic hydroxyl groups is 4. The summed E-state index contributed by atoms with van der Waals surface area (Å²) in [5, 5.41) is 41.6. The summed E-state index contributed by atoms with van der Waals surface area (Å²) in [5.41, 5.74) is 11.4. The lowest BCUT2D eigenvalue weighted by molar-refractivity contribution is -0.765. The Kier molecular flexibility index (Phi) is 9.13. The summed E-state index contributed by atoms with van der Waals surface area (Å²) in [4.78, 5) is 43.3. The van der Waals surface area contributed by atoms with Crippen LogP contribution in [0.4, 0.5) is 5.82 Å². The quantitative estimate of drug-likeness (QED) is 0.0747. The van der Waals surface area contributed by atoms with Gasteiger partial charge in [-0.05, 0) is 6.07 Å². The minimum Gasteiger partial charge on any atom is -0.387 e. The van der Waals surface area contributed by atoms with E-state index < -0.39 is 83.8 Å². The van der Waals surface area contributed by atoms with Gasteiger partial charge < -0.3 is 51.2 Å². The Hall–Kier alpha value is -3.01. The second kappa shape index (κ2) is 12.4. The van der Waals surface area contributed by atoms with E-state index in [1.165, 1.54) is 40.0 Å². The van der Waals surface area contributed by atoms with Gasteiger partial charge in [0.05, 0.1) is 19.5 Å². The third-order valence-electron chi connectivity index (χ3n) is 6.75. The van der Waals surface area contributed by atoms with Crippen LogP contribution in [-0.4, -0.2) is 105 Å². The highest BCUT2D eigenvalue weighted by atomic mass is 31.3.